The van der Waals surface area contributed by atoms with Crippen molar-refractivity contribution in [1.82, 2.24) is 0 Å². The molecule has 1 aliphatic rings. The fourth-order valence-electron chi connectivity index (χ4n) is 1.65. The molecule has 0 spiro atoms. The third kappa shape index (κ3) is 1.87. The van der Waals surface area contributed by atoms with Crippen LogP contribution < -0.4 is 5.73 Å². The number of carbonyl (C=O) groups is 1. The van der Waals surface area contributed by atoms with Crippen LogP contribution >= 0.6 is 0 Å². The molecule has 2 N–H and O–H groups in total. The van der Waals surface area contributed by atoms with Gasteiger partial charge in [-0.2, -0.15) is 0 Å². The van der Waals surface area contributed by atoms with E-state index in [1.54, 1.807) is 0 Å². The van der Waals surface area contributed by atoms with Gasteiger partial charge in [0.25, 0.3) is 0 Å². The van der Waals surface area contributed by atoms with Gasteiger partial charge in [0.1, 0.15) is 0 Å². The van der Waals surface area contributed by atoms with E-state index in [0.717, 1.165) is 18.4 Å². The maximum absolute atomic E-state index is 11.5. The van der Waals surface area contributed by atoms with Gasteiger partial charge in [-0.25, -0.2) is 0 Å². The van der Waals surface area contributed by atoms with Gasteiger partial charge in [0.15, 0.2) is 5.78 Å². The Morgan fingerprint density at radius 2 is 2.08 bits per heavy atom. The highest BCUT2D eigenvalue weighted by Gasteiger charge is 2.30. The van der Waals surface area contributed by atoms with Gasteiger partial charge in [-0.3, -0.25) is 4.79 Å². The molecule has 0 unspecified atom stereocenters. The Hall–Kier alpha value is -0.790. The molecule has 0 heterocycles. The molecule has 12 heavy (non-hydrogen) atoms. The van der Waals surface area contributed by atoms with E-state index in [1.807, 2.05) is 6.92 Å². The van der Waals surface area contributed by atoms with Crippen molar-refractivity contribution in [2.75, 3.05) is 0 Å². The largest absolute Gasteiger partial charge is 0.402 e. The molecular weight excluding hydrogens is 150 g/mol. The summed E-state index contributed by atoms with van der Waals surface area (Å²) in [6.07, 6.45) is 2.58. The maximum atomic E-state index is 11.5. The van der Waals surface area contributed by atoms with E-state index in [-0.39, 0.29) is 11.2 Å². The van der Waals surface area contributed by atoms with E-state index in [1.165, 1.54) is 0 Å². The molecule has 0 aliphatic heterocycles. The third-order valence-corrected chi connectivity index (χ3v) is 2.50. The van der Waals surface area contributed by atoms with Crippen LogP contribution in [-0.2, 0) is 4.79 Å². The molecule has 0 aromatic carbocycles. The van der Waals surface area contributed by atoms with Gasteiger partial charge in [0.2, 0.25) is 0 Å². The average molecular weight is 167 g/mol. The van der Waals surface area contributed by atoms with Gasteiger partial charge in [-0.05, 0) is 25.2 Å². The van der Waals surface area contributed by atoms with Gasteiger partial charge in [0.05, 0.1) is 0 Å². The van der Waals surface area contributed by atoms with Crippen molar-refractivity contribution in [3.8, 4) is 0 Å². The molecule has 1 fully saturated rings. The van der Waals surface area contributed by atoms with Crippen molar-refractivity contribution in [2.24, 2.45) is 11.1 Å². The summed E-state index contributed by atoms with van der Waals surface area (Å²) in [5, 5.41) is 0. The number of hydrogen-bond donors (Lipinski definition) is 1. The Labute approximate surface area is 73.8 Å². The van der Waals surface area contributed by atoms with E-state index in [9.17, 15) is 4.79 Å². The summed E-state index contributed by atoms with van der Waals surface area (Å²) >= 11 is 0. The lowest BCUT2D eigenvalue weighted by Crippen LogP contribution is -2.26. The minimum absolute atomic E-state index is 0.177. The fraction of sp³-hybridized carbons (Fsp3) is 0.700. The van der Waals surface area contributed by atoms with Crippen molar-refractivity contribution in [3.63, 3.8) is 0 Å². The highest BCUT2D eigenvalue weighted by molar-refractivity contribution is 5.97. The highest BCUT2D eigenvalue weighted by Crippen LogP contribution is 2.35. The van der Waals surface area contributed by atoms with Crippen LogP contribution in [0.15, 0.2) is 11.3 Å². The molecule has 1 rings (SSSR count). The number of ketones is 1. The standard InChI is InChI=1S/C10H17NO/c1-7(11)8-4-5-10(2,3)6-9(8)12/h4-6,11H2,1-3H3/b8-7+. The summed E-state index contributed by atoms with van der Waals surface area (Å²) < 4.78 is 0. The van der Waals surface area contributed by atoms with E-state index in [4.69, 9.17) is 5.73 Å². The summed E-state index contributed by atoms with van der Waals surface area (Å²) in [5.41, 5.74) is 7.34. The van der Waals surface area contributed by atoms with Gasteiger partial charge in [-0.15, -0.1) is 0 Å². The van der Waals surface area contributed by atoms with Crippen molar-refractivity contribution in [1.29, 1.82) is 0 Å². The molecule has 0 saturated heterocycles. The Balaban J connectivity index is 2.81. The zero-order valence-corrected chi connectivity index (χ0v) is 8.11. The molecule has 0 bridgehead atoms. The smallest absolute Gasteiger partial charge is 0.161 e. The lowest BCUT2D eigenvalue weighted by atomic mass is 9.74. The molecule has 0 amide bonds. The molecule has 68 valence electrons. The lowest BCUT2D eigenvalue weighted by Gasteiger charge is -2.30. The number of allylic oxidation sites excluding steroid dienone is 2. The molecule has 1 saturated carbocycles. The van der Waals surface area contributed by atoms with E-state index >= 15 is 0 Å². The Bertz CT molecular complexity index is 234. The van der Waals surface area contributed by atoms with Crippen molar-refractivity contribution in [3.05, 3.63) is 11.3 Å². The summed E-state index contributed by atoms with van der Waals surface area (Å²) in [4.78, 5) is 11.5. The van der Waals surface area contributed by atoms with Crippen molar-refractivity contribution < 1.29 is 4.79 Å². The Morgan fingerprint density at radius 3 is 2.50 bits per heavy atom. The topological polar surface area (TPSA) is 43.1 Å². The predicted molar refractivity (Wildman–Crippen MR) is 49.5 cm³/mol. The van der Waals surface area contributed by atoms with Crippen molar-refractivity contribution >= 4 is 5.78 Å². The lowest BCUT2D eigenvalue weighted by molar-refractivity contribution is -0.118. The summed E-state index contributed by atoms with van der Waals surface area (Å²) in [5.74, 6) is 0.242. The van der Waals surface area contributed by atoms with Gasteiger partial charge < -0.3 is 5.73 Å². The summed E-state index contributed by atoms with van der Waals surface area (Å²) in [6, 6.07) is 0. The first-order valence-electron chi connectivity index (χ1n) is 4.41. The maximum Gasteiger partial charge on any atom is 0.161 e. The molecular formula is C10H17NO. The van der Waals surface area contributed by atoms with Gasteiger partial charge >= 0.3 is 0 Å². The second-order valence-corrected chi connectivity index (χ2v) is 4.43. The highest BCUT2D eigenvalue weighted by atomic mass is 16.1. The Morgan fingerprint density at radius 1 is 1.50 bits per heavy atom. The summed E-state index contributed by atoms with van der Waals surface area (Å²) in [6.45, 7) is 6.08. The fourth-order valence-corrected chi connectivity index (χ4v) is 1.65. The van der Waals surface area contributed by atoms with Gasteiger partial charge in [0, 0.05) is 17.7 Å². The van der Waals surface area contributed by atoms with Crippen LogP contribution in [-0.4, -0.2) is 5.78 Å². The van der Waals surface area contributed by atoms with Crippen molar-refractivity contribution in [2.45, 2.75) is 40.0 Å². The third-order valence-electron chi connectivity index (χ3n) is 2.50. The molecule has 2 nitrogen and oxygen atoms in total. The Kier molecular flexibility index (Phi) is 2.27. The monoisotopic (exact) mass is 167 g/mol. The predicted octanol–water partition coefficient (Wildman–Crippen LogP) is 2.00. The number of nitrogens with two attached hydrogens (primary N) is 1. The zero-order chi connectivity index (χ0) is 9.35. The number of Topliss-reactive ketones (excluding diaryl/α,β-unsaturated/α-hetero) is 1. The quantitative estimate of drug-likeness (QED) is 0.561. The van der Waals surface area contributed by atoms with Crippen LogP contribution in [0.25, 0.3) is 0 Å². The molecule has 0 radical (unpaired) electrons. The molecule has 0 atom stereocenters. The summed E-state index contributed by atoms with van der Waals surface area (Å²) in [7, 11) is 0. The molecule has 0 aromatic heterocycles. The van der Waals surface area contributed by atoms with Crippen LogP contribution in [0.3, 0.4) is 0 Å². The second-order valence-electron chi connectivity index (χ2n) is 4.43. The molecule has 1 aliphatic carbocycles. The second kappa shape index (κ2) is 2.92. The molecule has 0 aromatic rings. The van der Waals surface area contributed by atoms with E-state index in [2.05, 4.69) is 13.8 Å². The van der Waals surface area contributed by atoms with Crippen LogP contribution in [0, 0.1) is 5.41 Å². The first-order chi connectivity index (χ1) is 5.42. The van der Waals surface area contributed by atoms with Gasteiger partial charge in [-0.1, -0.05) is 13.8 Å². The first-order valence-corrected chi connectivity index (χ1v) is 4.41. The number of hydrogen-bond acceptors (Lipinski definition) is 2. The van der Waals surface area contributed by atoms with E-state index < -0.39 is 0 Å². The zero-order valence-electron chi connectivity index (χ0n) is 8.11. The van der Waals surface area contributed by atoms with Crippen LogP contribution in [0.5, 0.6) is 0 Å². The SMILES string of the molecule is C/C(N)=C1/CCC(C)(C)CC1=O. The van der Waals surface area contributed by atoms with Crippen LogP contribution in [0.1, 0.15) is 40.0 Å². The van der Waals surface area contributed by atoms with E-state index in [0.29, 0.717) is 12.1 Å². The number of rotatable bonds is 0. The number of carbonyl (C=O) groups excluding carboxylic acids is 1. The first kappa shape index (κ1) is 9.30. The van der Waals surface area contributed by atoms with Crippen LogP contribution in [0.2, 0.25) is 0 Å². The normalized spacial score (nSPS) is 27.1. The minimum Gasteiger partial charge on any atom is -0.402 e. The average Bonchev–Trinajstić information content (AvgIpc) is 1.83. The van der Waals surface area contributed by atoms with Crippen LogP contribution in [0.4, 0.5) is 0 Å². The minimum atomic E-state index is 0.177. The molecule has 2 heteroatoms.